The third kappa shape index (κ3) is 3.14. The van der Waals surface area contributed by atoms with Crippen molar-refractivity contribution in [1.82, 2.24) is 10.3 Å². The number of nitrogens with one attached hydrogen (secondary N) is 2. The quantitative estimate of drug-likeness (QED) is 0.910. The van der Waals surface area contributed by atoms with Gasteiger partial charge in [0.25, 0.3) is 5.91 Å². The number of aromatic nitrogens is 1. The maximum absolute atomic E-state index is 13.2. The molecule has 0 aliphatic carbocycles. The molecule has 1 unspecified atom stereocenters. The molecule has 0 saturated carbocycles. The van der Waals surface area contributed by atoms with Crippen LogP contribution in [0.25, 0.3) is 0 Å². The van der Waals surface area contributed by atoms with Crippen LogP contribution in [0.4, 0.5) is 10.2 Å². The van der Waals surface area contributed by atoms with Crippen molar-refractivity contribution in [1.29, 1.82) is 0 Å². The highest BCUT2D eigenvalue weighted by Crippen LogP contribution is 2.23. The van der Waals surface area contributed by atoms with Crippen LogP contribution in [-0.4, -0.2) is 17.9 Å². The molecule has 6 heteroatoms. The Hall–Kier alpha value is -1.95. The summed E-state index contributed by atoms with van der Waals surface area (Å²) in [5.41, 5.74) is 0.202. The molecule has 0 radical (unpaired) electrons. The van der Waals surface area contributed by atoms with Gasteiger partial charge < -0.3 is 10.6 Å². The average Bonchev–Trinajstić information content (AvgIpc) is 2.85. The number of halogens is 1. The van der Waals surface area contributed by atoms with Crippen molar-refractivity contribution >= 4 is 23.1 Å². The van der Waals surface area contributed by atoms with Crippen LogP contribution in [-0.2, 0) is 0 Å². The number of carbonyl (C=O) groups excluding carboxylic acids is 1. The van der Waals surface area contributed by atoms with Gasteiger partial charge in [-0.15, -0.1) is 11.3 Å². The van der Waals surface area contributed by atoms with E-state index < -0.39 is 5.82 Å². The van der Waals surface area contributed by atoms with E-state index in [-0.39, 0.29) is 17.5 Å². The molecule has 4 nitrogen and oxygen atoms in total. The topological polar surface area (TPSA) is 54.0 Å². The van der Waals surface area contributed by atoms with E-state index in [4.69, 9.17) is 0 Å². The van der Waals surface area contributed by atoms with E-state index >= 15 is 0 Å². The lowest BCUT2D eigenvalue weighted by Crippen LogP contribution is -2.27. The van der Waals surface area contributed by atoms with Crippen LogP contribution < -0.4 is 10.6 Å². The van der Waals surface area contributed by atoms with Crippen LogP contribution in [0, 0.1) is 12.7 Å². The Labute approximate surface area is 121 Å². The fourth-order valence-corrected chi connectivity index (χ4v) is 2.72. The number of rotatable bonds is 4. The van der Waals surface area contributed by atoms with Gasteiger partial charge in [0, 0.05) is 16.8 Å². The first-order chi connectivity index (χ1) is 9.51. The zero-order valence-electron chi connectivity index (χ0n) is 11.5. The molecule has 0 bridgehead atoms. The molecular formula is C14H16FN3OS. The van der Waals surface area contributed by atoms with Gasteiger partial charge in [-0.2, -0.15) is 0 Å². The molecule has 2 aromatic heterocycles. The summed E-state index contributed by atoms with van der Waals surface area (Å²) in [7, 11) is 1.64. The molecule has 0 aromatic carbocycles. The lowest BCUT2D eigenvalue weighted by molar-refractivity contribution is 0.0940. The summed E-state index contributed by atoms with van der Waals surface area (Å²) in [6, 6.07) is 5.04. The van der Waals surface area contributed by atoms with Gasteiger partial charge in [-0.3, -0.25) is 4.79 Å². The first-order valence-corrected chi connectivity index (χ1v) is 7.03. The second-order valence-corrected chi connectivity index (χ2v) is 5.76. The molecule has 2 aromatic rings. The number of carbonyl (C=O) groups is 1. The number of hydrogen-bond donors (Lipinski definition) is 2. The fraction of sp³-hybridized carbons (Fsp3) is 0.286. The molecule has 0 aliphatic rings. The normalized spacial score (nSPS) is 12.0. The van der Waals surface area contributed by atoms with Gasteiger partial charge in [-0.1, -0.05) is 0 Å². The lowest BCUT2D eigenvalue weighted by atomic mass is 10.2. The third-order valence-electron chi connectivity index (χ3n) is 2.87. The lowest BCUT2D eigenvalue weighted by Gasteiger charge is -2.14. The average molecular weight is 293 g/mol. The molecule has 0 spiro atoms. The number of aryl methyl sites for hydroxylation is 1. The maximum atomic E-state index is 13.2. The molecule has 2 N–H and O–H groups in total. The molecule has 20 heavy (non-hydrogen) atoms. The molecule has 2 rings (SSSR count). The first-order valence-electron chi connectivity index (χ1n) is 6.21. The second-order valence-electron chi connectivity index (χ2n) is 4.44. The zero-order chi connectivity index (χ0) is 14.7. The minimum absolute atomic E-state index is 0.130. The fourth-order valence-electron chi connectivity index (χ4n) is 1.84. The maximum Gasteiger partial charge on any atom is 0.255 e. The third-order valence-corrected chi connectivity index (χ3v) is 4.05. The predicted molar refractivity (Wildman–Crippen MR) is 78.7 cm³/mol. The number of pyridine rings is 1. The molecule has 0 aliphatic heterocycles. The van der Waals surface area contributed by atoms with Crippen molar-refractivity contribution in [3.05, 3.63) is 45.5 Å². The van der Waals surface area contributed by atoms with E-state index in [0.717, 1.165) is 11.1 Å². The van der Waals surface area contributed by atoms with E-state index in [1.807, 2.05) is 26.0 Å². The van der Waals surface area contributed by atoms with Crippen molar-refractivity contribution in [2.45, 2.75) is 19.9 Å². The molecular weight excluding hydrogens is 277 g/mol. The van der Waals surface area contributed by atoms with Crippen LogP contribution >= 0.6 is 11.3 Å². The Balaban J connectivity index is 2.18. The van der Waals surface area contributed by atoms with Gasteiger partial charge in [0.15, 0.2) is 0 Å². The Morgan fingerprint density at radius 2 is 2.20 bits per heavy atom. The monoisotopic (exact) mass is 293 g/mol. The SMILES string of the molecule is CNc1ncc(F)cc1C(=O)NC(C)c1ccc(C)s1. The Morgan fingerprint density at radius 1 is 1.45 bits per heavy atom. The van der Waals surface area contributed by atoms with Crippen molar-refractivity contribution < 1.29 is 9.18 Å². The summed E-state index contributed by atoms with van der Waals surface area (Å²) >= 11 is 1.63. The smallest absolute Gasteiger partial charge is 0.255 e. The molecule has 1 amide bonds. The molecule has 1 atom stereocenters. The van der Waals surface area contributed by atoms with Crippen molar-refractivity contribution in [2.24, 2.45) is 0 Å². The molecule has 0 saturated heterocycles. The second kappa shape index (κ2) is 6.00. The Bertz CT molecular complexity index is 627. The van der Waals surface area contributed by atoms with Crippen LogP contribution in [0.1, 0.15) is 33.1 Å². The summed E-state index contributed by atoms with van der Waals surface area (Å²) in [5, 5.41) is 5.64. The van der Waals surface area contributed by atoms with Gasteiger partial charge >= 0.3 is 0 Å². The summed E-state index contributed by atoms with van der Waals surface area (Å²) in [5.74, 6) is -0.521. The molecule has 106 valence electrons. The van der Waals surface area contributed by atoms with Crippen LogP contribution in [0.15, 0.2) is 24.4 Å². The van der Waals surface area contributed by atoms with E-state index in [1.165, 1.54) is 10.9 Å². The minimum Gasteiger partial charge on any atom is -0.372 e. The van der Waals surface area contributed by atoms with Gasteiger partial charge in [0.1, 0.15) is 11.6 Å². The zero-order valence-corrected chi connectivity index (χ0v) is 12.3. The van der Waals surface area contributed by atoms with Gasteiger partial charge in [0.05, 0.1) is 17.8 Å². The number of nitrogens with zero attached hydrogens (tertiary/aromatic N) is 1. The van der Waals surface area contributed by atoms with Crippen LogP contribution in [0.5, 0.6) is 0 Å². The summed E-state index contributed by atoms with van der Waals surface area (Å²) < 4.78 is 13.2. The van der Waals surface area contributed by atoms with Crippen LogP contribution in [0.3, 0.4) is 0 Å². The highest BCUT2D eigenvalue weighted by molar-refractivity contribution is 7.12. The Morgan fingerprint density at radius 3 is 2.80 bits per heavy atom. The van der Waals surface area contributed by atoms with Crippen molar-refractivity contribution in [2.75, 3.05) is 12.4 Å². The first kappa shape index (κ1) is 14.5. The van der Waals surface area contributed by atoms with Gasteiger partial charge in [0.2, 0.25) is 0 Å². The predicted octanol–water partition coefficient (Wildman–Crippen LogP) is 3.12. The number of amides is 1. The van der Waals surface area contributed by atoms with E-state index in [1.54, 1.807) is 18.4 Å². The summed E-state index contributed by atoms with van der Waals surface area (Å²) in [6.45, 7) is 3.91. The molecule has 0 fully saturated rings. The van der Waals surface area contributed by atoms with Gasteiger partial charge in [-0.05, 0) is 32.0 Å². The molecule has 2 heterocycles. The van der Waals surface area contributed by atoms with E-state index in [2.05, 4.69) is 15.6 Å². The summed E-state index contributed by atoms with van der Waals surface area (Å²) in [4.78, 5) is 18.3. The highest BCUT2D eigenvalue weighted by atomic mass is 32.1. The minimum atomic E-state index is -0.534. The number of thiophene rings is 1. The Kier molecular flexibility index (Phi) is 4.34. The van der Waals surface area contributed by atoms with E-state index in [0.29, 0.717) is 5.82 Å². The van der Waals surface area contributed by atoms with Crippen molar-refractivity contribution in [3.63, 3.8) is 0 Å². The number of hydrogen-bond acceptors (Lipinski definition) is 4. The standard InChI is InChI=1S/C14H16FN3OS/c1-8-4-5-12(20-8)9(2)18-14(19)11-6-10(15)7-17-13(11)16-3/h4-7,9H,1-3H3,(H,16,17)(H,18,19). The van der Waals surface area contributed by atoms with Crippen molar-refractivity contribution in [3.8, 4) is 0 Å². The number of anilines is 1. The van der Waals surface area contributed by atoms with E-state index in [9.17, 15) is 9.18 Å². The largest absolute Gasteiger partial charge is 0.372 e. The summed E-state index contributed by atoms with van der Waals surface area (Å²) in [6.07, 6.45) is 1.08. The van der Waals surface area contributed by atoms with Crippen LogP contribution in [0.2, 0.25) is 0 Å². The highest BCUT2D eigenvalue weighted by Gasteiger charge is 2.17. The van der Waals surface area contributed by atoms with Gasteiger partial charge in [-0.25, -0.2) is 9.37 Å².